The average Bonchev–Trinajstić information content (AvgIpc) is 2.57. The molecule has 1 aromatic heterocycles. The quantitative estimate of drug-likeness (QED) is 0.884. The van der Waals surface area contributed by atoms with Crippen molar-refractivity contribution in [3.8, 4) is 0 Å². The molecule has 1 aliphatic heterocycles. The van der Waals surface area contributed by atoms with E-state index in [1.165, 1.54) is 0 Å². The number of benzene rings is 1. The second-order valence-corrected chi connectivity index (χ2v) is 8.18. The Hall–Kier alpha value is -2.43. The Labute approximate surface area is 154 Å². The summed E-state index contributed by atoms with van der Waals surface area (Å²) >= 11 is 0. The van der Waals surface area contributed by atoms with Gasteiger partial charge in [-0.2, -0.15) is 0 Å². The van der Waals surface area contributed by atoms with E-state index in [1.54, 1.807) is 12.4 Å². The number of carbonyl (C=O) groups is 1. The van der Waals surface area contributed by atoms with Crippen LogP contribution in [-0.2, 0) is 17.8 Å². The monoisotopic (exact) mass is 355 g/mol. The molecule has 1 amide bonds. The lowest BCUT2D eigenvalue weighted by Crippen LogP contribution is -2.31. The van der Waals surface area contributed by atoms with Gasteiger partial charge in [0.1, 0.15) is 0 Å². The fourth-order valence-corrected chi connectivity index (χ4v) is 3.42. The third-order valence-electron chi connectivity index (χ3n) is 4.63. The van der Waals surface area contributed by atoms with Gasteiger partial charge in [-0.15, -0.1) is 0 Å². The molecule has 1 N–H and O–H groups in total. The van der Waals surface area contributed by atoms with E-state index in [1.807, 2.05) is 45.9 Å². The summed E-state index contributed by atoms with van der Waals surface area (Å²) in [6, 6.07) is 5.93. The average molecular weight is 355 g/mol. The summed E-state index contributed by atoms with van der Waals surface area (Å²) in [6.07, 6.45) is 4.51. The van der Waals surface area contributed by atoms with Crippen LogP contribution in [0, 0.1) is 18.2 Å². The number of carbonyl (C=O) groups excluding carboxylic acids is 1. The number of pyridine rings is 1. The number of amides is 1. The number of aromatic nitrogens is 1. The molecule has 2 heterocycles. The summed E-state index contributed by atoms with van der Waals surface area (Å²) in [5.74, 6) is -0.426. The summed E-state index contributed by atoms with van der Waals surface area (Å²) < 4.78 is 15.1. The Morgan fingerprint density at radius 1 is 1.31 bits per heavy atom. The van der Waals surface area contributed by atoms with Crippen LogP contribution < -0.4 is 10.2 Å². The smallest absolute Gasteiger partial charge is 0.224 e. The van der Waals surface area contributed by atoms with E-state index >= 15 is 4.39 Å². The largest absolute Gasteiger partial charge is 0.367 e. The molecule has 0 fully saturated rings. The van der Waals surface area contributed by atoms with Gasteiger partial charge >= 0.3 is 0 Å². The van der Waals surface area contributed by atoms with Crippen LogP contribution in [0.3, 0.4) is 0 Å². The Balaban J connectivity index is 1.84. The van der Waals surface area contributed by atoms with Gasteiger partial charge in [0.25, 0.3) is 0 Å². The molecule has 1 aromatic carbocycles. The number of halogens is 1. The van der Waals surface area contributed by atoms with Crippen LogP contribution in [-0.4, -0.2) is 17.4 Å². The number of rotatable bonds is 3. The standard InChI is InChI=1S/C21H26FN3O/c1-14-11-15-13-25(16-5-8-23-9-6-16)10-7-17(15)19(22)20(14)24-18(26)12-21(2,3)4/h5-6,8-9,11H,7,10,12-13H2,1-4H3,(H,24,26). The van der Waals surface area contributed by atoms with Crippen molar-refractivity contribution < 1.29 is 9.18 Å². The Kier molecular flexibility index (Phi) is 4.99. The Morgan fingerprint density at radius 2 is 2.00 bits per heavy atom. The Bertz CT molecular complexity index is 812. The number of nitrogens with one attached hydrogen (secondary N) is 1. The Morgan fingerprint density at radius 3 is 2.65 bits per heavy atom. The van der Waals surface area contributed by atoms with E-state index in [0.717, 1.165) is 23.4 Å². The second-order valence-electron chi connectivity index (χ2n) is 8.18. The van der Waals surface area contributed by atoms with E-state index in [4.69, 9.17) is 0 Å². The van der Waals surface area contributed by atoms with Crippen LogP contribution in [0.4, 0.5) is 15.8 Å². The molecule has 0 bridgehead atoms. The molecular formula is C21H26FN3O. The van der Waals surface area contributed by atoms with E-state index in [9.17, 15) is 4.79 Å². The van der Waals surface area contributed by atoms with Gasteiger partial charge in [0.15, 0.2) is 5.82 Å². The van der Waals surface area contributed by atoms with Gasteiger partial charge in [0, 0.05) is 37.6 Å². The first-order chi connectivity index (χ1) is 12.2. The van der Waals surface area contributed by atoms with Gasteiger partial charge in [-0.1, -0.05) is 26.8 Å². The number of aryl methyl sites for hydroxylation is 1. The minimum absolute atomic E-state index is 0.131. The molecule has 0 saturated heterocycles. The van der Waals surface area contributed by atoms with Gasteiger partial charge in [0.2, 0.25) is 5.91 Å². The first kappa shape index (κ1) is 18.4. The van der Waals surface area contributed by atoms with Crippen LogP contribution in [0.1, 0.15) is 43.9 Å². The second kappa shape index (κ2) is 7.06. The lowest BCUT2D eigenvalue weighted by molar-refractivity contribution is -0.117. The highest BCUT2D eigenvalue weighted by molar-refractivity contribution is 5.92. The number of hydrogen-bond donors (Lipinski definition) is 1. The molecule has 0 radical (unpaired) electrons. The van der Waals surface area contributed by atoms with Crippen LogP contribution in [0.15, 0.2) is 30.6 Å². The van der Waals surface area contributed by atoms with Crippen molar-refractivity contribution in [2.45, 2.75) is 47.1 Å². The van der Waals surface area contributed by atoms with E-state index in [0.29, 0.717) is 30.6 Å². The maximum Gasteiger partial charge on any atom is 0.224 e. The van der Waals surface area contributed by atoms with Crippen LogP contribution in [0.2, 0.25) is 0 Å². The fourth-order valence-electron chi connectivity index (χ4n) is 3.42. The lowest BCUT2D eigenvalue weighted by Gasteiger charge is -2.32. The van der Waals surface area contributed by atoms with E-state index in [-0.39, 0.29) is 17.1 Å². The lowest BCUT2D eigenvalue weighted by atomic mass is 9.91. The molecule has 2 aromatic rings. The molecule has 1 aliphatic rings. The topological polar surface area (TPSA) is 45.2 Å². The molecule has 4 nitrogen and oxygen atoms in total. The molecule has 0 unspecified atom stereocenters. The number of anilines is 2. The maximum absolute atomic E-state index is 15.1. The molecular weight excluding hydrogens is 329 g/mol. The third kappa shape index (κ3) is 4.03. The summed E-state index contributed by atoms with van der Waals surface area (Å²) in [7, 11) is 0. The molecule has 3 rings (SSSR count). The normalized spacial score (nSPS) is 14.1. The van der Waals surface area contributed by atoms with Crippen LogP contribution in [0.5, 0.6) is 0 Å². The highest BCUT2D eigenvalue weighted by Gasteiger charge is 2.24. The third-order valence-corrected chi connectivity index (χ3v) is 4.63. The van der Waals surface area contributed by atoms with E-state index < -0.39 is 0 Å². The zero-order chi connectivity index (χ0) is 18.9. The van der Waals surface area contributed by atoms with Gasteiger partial charge in [-0.05, 0) is 47.6 Å². The molecule has 0 atom stereocenters. The summed E-state index contributed by atoms with van der Waals surface area (Å²) in [5.41, 5.74) is 3.75. The molecule has 5 heteroatoms. The first-order valence-corrected chi connectivity index (χ1v) is 9.00. The summed E-state index contributed by atoms with van der Waals surface area (Å²) in [4.78, 5) is 18.5. The van der Waals surface area contributed by atoms with Gasteiger partial charge in [-0.3, -0.25) is 9.78 Å². The van der Waals surface area contributed by atoms with Crippen LogP contribution in [0.25, 0.3) is 0 Å². The van der Waals surface area contributed by atoms with Crippen molar-refractivity contribution in [1.29, 1.82) is 0 Å². The van der Waals surface area contributed by atoms with Crippen LogP contribution >= 0.6 is 0 Å². The zero-order valence-electron chi connectivity index (χ0n) is 15.9. The minimum Gasteiger partial charge on any atom is -0.367 e. The highest BCUT2D eigenvalue weighted by Crippen LogP contribution is 2.32. The first-order valence-electron chi connectivity index (χ1n) is 9.00. The van der Waals surface area contributed by atoms with Gasteiger partial charge in [0.05, 0.1) is 5.69 Å². The van der Waals surface area contributed by atoms with Crippen molar-refractivity contribution >= 4 is 17.3 Å². The zero-order valence-corrected chi connectivity index (χ0v) is 15.9. The van der Waals surface area contributed by atoms with Crippen molar-refractivity contribution in [1.82, 2.24) is 4.98 Å². The van der Waals surface area contributed by atoms with Crippen molar-refractivity contribution in [2.75, 3.05) is 16.8 Å². The number of hydrogen-bond acceptors (Lipinski definition) is 3. The van der Waals surface area contributed by atoms with Crippen molar-refractivity contribution in [3.05, 3.63) is 53.1 Å². The molecule has 0 saturated carbocycles. The van der Waals surface area contributed by atoms with E-state index in [2.05, 4.69) is 15.2 Å². The van der Waals surface area contributed by atoms with Crippen molar-refractivity contribution in [2.24, 2.45) is 5.41 Å². The van der Waals surface area contributed by atoms with Gasteiger partial charge < -0.3 is 10.2 Å². The molecule has 26 heavy (non-hydrogen) atoms. The number of nitrogens with zero attached hydrogens (tertiary/aromatic N) is 2. The predicted molar refractivity (Wildman–Crippen MR) is 103 cm³/mol. The summed E-state index contributed by atoms with van der Waals surface area (Å²) in [5, 5.41) is 2.79. The highest BCUT2D eigenvalue weighted by atomic mass is 19.1. The molecule has 0 spiro atoms. The predicted octanol–water partition coefficient (Wildman–Crippen LogP) is 4.47. The van der Waals surface area contributed by atoms with Crippen molar-refractivity contribution in [3.63, 3.8) is 0 Å². The molecule has 0 aliphatic carbocycles. The minimum atomic E-state index is -0.281. The molecule has 138 valence electrons. The van der Waals surface area contributed by atoms with Gasteiger partial charge in [-0.25, -0.2) is 4.39 Å². The number of fused-ring (bicyclic) bond motifs is 1. The maximum atomic E-state index is 15.1. The summed E-state index contributed by atoms with van der Waals surface area (Å²) in [6.45, 7) is 9.24. The SMILES string of the molecule is Cc1cc2c(c(F)c1NC(=O)CC(C)(C)C)CCN(c1ccncc1)C2. The fraction of sp³-hybridized carbons (Fsp3) is 0.429.